The van der Waals surface area contributed by atoms with E-state index in [1.165, 1.54) is 257 Å². The van der Waals surface area contributed by atoms with Crippen molar-refractivity contribution < 1.29 is 15.0 Å². The third kappa shape index (κ3) is 49.6. The molecule has 2 unspecified atom stereocenters. The number of aliphatic hydroxyl groups is 2. The van der Waals surface area contributed by atoms with Gasteiger partial charge in [-0.2, -0.15) is 0 Å². The molecule has 0 aliphatic heterocycles. The first-order chi connectivity index (χ1) is 30.7. The molecule has 1 amide bonds. The van der Waals surface area contributed by atoms with Crippen LogP contribution in [-0.2, 0) is 4.79 Å². The lowest BCUT2D eigenvalue weighted by atomic mass is 10.0. The fourth-order valence-electron chi connectivity index (χ4n) is 8.78. The van der Waals surface area contributed by atoms with Crippen molar-refractivity contribution in [3.05, 3.63) is 36.5 Å². The van der Waals surface area contributed by atoms with Gasteiger partial charge < -0.3 is 15.5 Å². The predicted octanol–water partition coefficient (Wildman–Crippen LogP) is 18.5. The molecule has 0 fully saturated rings. The van der Waals surface area contributed by atoms with E-state index in [-0.39, 0.29) is 12.5 Å². The van der Waals surface area contributed by atoms with Crippen LogP contribution in [0.1, 0.15) is 309 Å². The van der Waals surface area contributed by atoms with Crippen LogP contribution >= 0.6 is 0 Å². The predicted molar refractivity (Wildman–Crippen MR) is 276 cm³/mol. The Hall–Kier alpha value is -1.39. The molecule has 0 aliphatic rings. The number of rotatable bonds is 52. The molecule has 4 nitrogen and oxygen atoms in total. The molecule has 0 rings (SSSR count). The van der Waals surface area contributed by atoms with E-state index in [0.717, 1.165) is 32.1 Å². The maximum atomic E-state index is 12.4. The first kappa shape index (κ1) is 60.6. The van der Waals surface area contributed by atoms with Crippen LogP contribution < -0.4 is 5.32 Å². The molecular formula is C58H111NO3. The van der Waals surface area contributed by atoms with Crippen LogP contribution in [0.5, 0.6) is 0 Å². The van der Waals surface area contributed by atoms with Crippen molar-refractivity contribution in [2.45, 2.75) is 321 Å². The summed E-state index contributed by atoms with van der Waals surface area (Å²) in [6.45, 7) is 4.26. The Morgan fingerprint density at radius 1 is 0.371 bits per heavy atom. The Labute approximate surface area is 389 Å². The summed E-state index contributed by atoms with van der Waals surface area (Å²) in [6.07, 6.45) is 73.5. The zero-order valence-electron chi connectivity index (χ0n) is 42.2. The summed E-state index contributed by atoms with van der Waals surface area (Å²) in [6, 6.07) is -0.634. The molecule has 0 radical (unpaired) electrons. The number of carbonyl (C=O) groups is 1. The van der Waals surface area contributed by atoms with E-state index >= 15 is 0 Å². The van der Waals surface area contributed by atoms with E-state index in [0.29, 0.717) is 6.42 Å². The van der Waals surface area contributed by atoms with Crippen molar-refractivity contribution in [1.82, 2.24) is 5.32 Å². The zero-order valence-corrected chi connectivity index (χ0v) is 42.2. The average molecular weight is 871 g/mol. The first-order valence-corrected chi connectivity index (χ1v) is 28.2. The minimum Gasteiger partial charge on any atom is -0.394 e. The third-order valence-corrected chi connectivity index (χ3v) is 13.1. The molecule has 4 heteroatoms. The van der Waals surface area contributed by atoms with Crippen LogP contribution in [0, 0.1) is 0 Å². The Bertz CT molecular complexity index is 943. The molecule has 0 aliphatic carbocycles. The van der Waals surface area contributed by atoms with Gasteiger partial charge in [0.05, 0.1) is 18.8 Å². The highest BCUT2D eigenvalue weighted by molar-refractivity contribution is 5.76. The highest BCUT2D eigenvalue weighted by Crippen LogP contribution is 2.17. The first-order valence-electron chi connectivity index (χ1n) is 28.2. The van der Waals surface area contributed by atoms with E-state index in [4.69, 9.17) is 0 Å². The van der Waals surface area contributed by atoms with Crippen LogP contribution in [0.3, 0.4) is 0 Å². The van der Waals surface area contributed by atoms with Gasteiger partial charge in [-0.1, -0.05) is 281 Å². The summed E-state index contributed by atoms with van der Waals surface area (Å²) in [5.74, 6) is -0.0719. The van der Waals surface area contributed by atoms with Gasteiger partial charge in [-0.3, -0.25) is 4.79 Å². The topological polar surface area (TPSA) is 69.6 Å². The molecule has 0 bridgehead atoms. The zero-order chi connectivity index (χ0) is 44.9. The maximum absolute atomic E-state index is 12.4. The SMILES string of the molecule is CCCCC/C=C/CC/C=C/C(O)C(CO)NC(=O)CCCCCCCCCCCCCCCCCCCCCCCCCCCCCCC/C=C\CCCCCCCCCC. The van der Waals surface area contributed by atoms with Crippen LogP contribution in [0.2, 0.25) is 0 Å². The second-order valence-electron chi connectivity index (χ2n) is 19.3. The number of hydrogen-bond donors (Lipinski definition) is 3. The number of aliphatic hydroxyl groups excluding tert-OH is 2. The molecule has 0 aromatic rings. The minimum absolute atomic E-state index is 0.0719. The van der Waals surface area contributed by atoms with Gasteiger partial charge >= 0.3 is 0 Å². The summed E-state index contributed by atoms with van der Waals surface area (Å²) in [7, 11) is 0. The van der Waals surface area contributed by atoms with Crippen LogP contribution in [0.4, 0.5) is 0 Å². The van der Waals surface area contributed by atoms with Gasteiger partial charge in [0.1, 0.15) is 0 Å². The second-order valence-corrected chi connectivity index (χ2v) is 19.3. The van der Waals surface area contributed by atoms with Crippen molar-refractivity contribution in [3.8, 4) is 0 Å². The van der Waals surface area contributed by atoms with Crippen molar-refractivity contribution in [3.63, 3.8) is 0 Å². The summed E-state index contributed by atoms with van der Waals surface area (Å²) >= 11 is 0. The fourth-order valence-corrected chi connectivity index (χ4v) is 8.78. The van der Waals surface area contributed by atoms with E-state index in [1.54, 1.807) is 6.08 Å². The summed E-state index contributed by atoms with van der Waals surface area (Å²) < 4.78 is 0. The Morgan fingerprint density at radius 2 is 0.629 bits per heavy atom. The van der Waals surface area contributed by atoms with Gasteiger partial charge in [0.15, 0.2) is 0 Å². The third-order valence-electron chi connectivity index (χ3n) is 13.1. The lowest BCUT2D eigenvalue weighted by Gasteiger charge is -2.19. The normalized spacial score (nSPS) is 13.0. The molecule has 3 N–H and O–H groups in total. The number of allylic oxidation sites excluding steroid dienone is 5. The Kier molecular flexibility index (Phi) is 52.7. The summed E-state index contributed by atoms with van der Waals surface area (Å²) in [5, 5.41) is 22.9. The van der Waals surface area contributed by atoms with E-state index in [1.807, 2.05) is 6.08 Å². The van der Waals surface area contributed by atoms with Crippen molar-refractivity contribution in [2.75, 3.05) is 6.61 Å². The van der Waals surface area contributed by atoms with Crippen LogP contribution in [-0.4, -0.2) is 34.9 Å². The van der Waals surface area contributed by atoms with E-state index in [9.17, 15) is 15.0 Å². The van der Waals surface area contributed by atoms with Crippen molar-refractivity contribution in [2.24, 2.45) is 0 Å². The standard InChI is InChI=1S/C58H111NO3/c1-3-5-7-9-11-13-14-15-16-17-18-19-20-21-22-23-24-25-26-27-28-29-30-31-32-33-34-35-36-37-38-39-40-41-42-43-44-46-48-50-52-54-58(62)59-56(55-60)57(61)53-51-49-47-45-12-10-8-6-4-2/h12,17-18,45,51,53,56-57,60-61H,3-11,13-16,19-44,46-50,52,54-55H2,1-2H3,(H,59,62)/b18-17-,45-12+,53-51+. The van der Waals surface area contributed by atoms with Crippen molar-refractivity contribution in [1.29, 1.82) is 0 Å². The molecule has 0 saturated carbocycles. The van der Waals surface area contributed by atoms with Gasteiger partial charge in [-0.25, -0.2) is 0 Å². The number of carbonyl (C=O) groups excluding carboxylic acids is 1. The molecule has 0 spiro atoms. The molecular weight excluding hydrogens is 759 g/mol. The summed E-state index contributed by atoms with van der Waals surface area (Å²) in [4.78, 5) is 12.4. The molecule has 366 valence electrons. The quantitative estimate of drug-likeness (QED) is 0.0421. The van der Waals surface area contributed by atoms with Crippen molar-refractivity contribution >= 4 is 5.91 Å². The minimum atomic E-state index is -0.857. The van der Waals surface area contributed by atoms with E-state index in [2.05, 4.69) is 43.5 Å². The van der Waals surface area contributed by atoms with Gasteiger partial charge in [-0.15, -0.1) is 0 Å². The average Bonchev–Trinajstić information content (AvgIpc) is 3.28. The molecule has 0 saturated heterocycles. The smallest absolute Gasteiger partial charge is 0.220 e. The van der Waals surface area contributed by atoms with Crippen LogP contribution in [0.15, 0.2) is 36.5 Å². The highest BCUT2D eigenvalue weighted by atomic mass is 16.3. The highest BCUT2D eigenvalue weighted by Gasteiger charge is 2.18. The second kappa shape index (κ2) is 53.9. The lowest BCUT2D eigenvalue weighted by molar-refractivity contribution is -0.123. The molecule has 0 aromatic carbocycles. The van der Waals surface area contributed by atoms with Gasteiger partial charge in [0.25, 0.3) is 0 Å². The van der Waals surface area contributed by atoms with E-state index < -0.39 is 12.1 Å². The largest absolute Gasteiger partial charge is 0.394 e. The number of hydrogen-bond acceptors (Lipinski definition) is 3. The Morgan fingerprint density at radius 3 is 0.968 bits per heavy atom. The number of unbranched alkanes of at least 4 members (excludes halogenated alkanes) is 41. The fraction of sp³-hybridized carbons (Fsp3) is 0.879. The molecule has 0 heterocycles. The number of amides is 1. The summed E-state index contributed by atoms with van der Waals surface area (Å²) in [5.41, 5.74) is 0. The van der Waals surface area contributed by atoms with Gasteiger partial charge in [-0.05, 0) is 57.8 Å². The van der Waals surface area contributed by atoms with Crippen LogP contribution in [0.25, 0.3) is 0 Å². The monoisotopic (exact) mass is 870 g/mol. The maximum Gasteiger partial charge on any atom is 0.220 e. The molecule has 0 aromatic heterocycles. The Balaban J connectivity index is 3.32. The van der Waals surface area contributed by atoms with Gasteiger partial charge in [0.2, 0.25) is 5.91 Å². The molecule has 62 heavy (non-hydrogen) atoms. The molecule has 2 atom stereocenters. The van der Waals surface area contributed by atoms with Gasteiger partial charge in [0, 0.05) is 6.42 Å². The number of nitrogens with one attached hydrogen (secondary N) is 1. The lowest BCUT2D eigenvalue weighted by Crippen LogP contribution is -2.45.